The minimum absolute atomic E-state index is 0.176. The minimum Gasteiger partial charge on any atom is -0.294 e. The Kier molecular flexibility index (Phi) is 3.20. The molecule has 0 radical (unpaired) electrons. The topological polar surface area (TPSA) is 34.9 Å². The maximum Gasteiger partial charge on any atom is 0.166 e. The van der Waals surface area contributed by atoms with E-state index < -0.39 is 0 Å². The molecule has 0 saturated carbocycles. The number of nitrogens with zero attached hydrogens (tertiary/aromatic N) is 2. The number of hydrogen-bond acceptors (Lipinski definition) is 2. The van der Waals surface area contributed by atoms with Crippen LogP contribution in [0.15, 0.2) is 36.7 Å². The summed E-state index contributed by atoms with van der Waals surface area (Å²) < 4.78 is 1.81. The number of Topliss-reactive ketones (excluding diaryl/α,β-unsaturated/α-hetero) is 1. The maximum atomic E-state index is 12.4. The molecular formula is C16H18N2O. The van der Waals surface area contributed by atoms with Gasteiger partial charge in [0.15, 0.2) is 5.78 Å². The average molecular weight is 254 g/mol. The molecule has 0 fully saturated rings. The summed E-state index contributed by atoms with van der Waals surface area (Å²) in [5, 5.41) is 4.17. The van der Waals surface area contributed by atoms with E-state index in [1.54, 1.807) is 0 Å². The normalized spacial score (nSPS) is 18.4. The van der Waals surface area contributed by atoms with E-state index in [2.05, 4.69) is 11.2 Å². The SMILES string of the molecule is Cn1cc(CCC2CCc3ccccc3C2=O)cn1. The highest BCUT2D eigenvalue weighted by Crippen LogP contribution is 2.28. The van der Waals surface area contributed by atoms with Crippen LogP contribution in [0.4, 0.5) is 0 Å². The molecule has 0 aliphatic heterocycles. The van der Waals surface area contributed by atoms with Gasteiger partial charge in [-0.3, -0.25) is 9.48 Å². The summed E-state index contributed by atoms with van der Waals surface area (Å²) in [6.07, 6.45) is 7.80. The first-order valence-corrected chi connectivity index (χ1v) is 6.83. The summed E-state index contributed by atoms with van der Waals surface area (Å²) >= 11 is 0. The lowest BCUT2D eigenvalue weighted by Gasteiger charge is -2.22. The van der Waals surface area contributed by atoms with Gasteiger partial charge in [0.25, 0.3) is 0 Å². The highest BCUT2D eigenvalue weighted by Gasteiger charge is 2.26. The molecule has 3 nitrogen and oxygen atoms in total. The molecule has 0 saturated heterocycles. The second-order valence-corrected chi connectivity index (χ2v) is 5.32. The van der Waals surface area contributed by atoms with Crippen LogP contribution in [-0.2, 0) is 19.9 Å². The van der Waals surface area contributed by atoms with Crippen LogP contribution >= 0.6 is 0 Å². The highest BCUT2D eigenvalue weighted by atomic mass is 16.1. The monoisotopic (exact) mass is 254 g/mol. The molecule has 1 aromatic heterocycles. The van der Waals surface area contributed by atoms with E-state index in [4.69, 9.17) is 0 Å². The molecule has 0 amide bonds. The van der Waals surface area contributed by atoms with E-state index in [0.29, 0.717) is 5.78 Å². The van der Waals surface area contributed by atoms with Crippen LogP contribution < -0.4 is 0 Å². The third kappa shape index (κ3) is 2.46. The van der Waals surface area contributed by atoms with Crippen molar-refractivity contribution in [1.29, 1.82) is 0 Å². The molecule has 0 spiro atoms. The fourth-order valence-corrected chi connectivity index (χ4v) is 2.88. The van der Waals surface area contributed by atoms with Crippen molar-refractivity contribution in [3.63, 3.8) is 0 Å². The number of aromatic nitrogens is 2. The van der Waals surface area contributed by atoms with E-state index in [9.17, 15) is 4.79 Å². The third-order valence-corrected chi connectivity index (χ3v) is 3.96. The molecule has 0 N–H and O–H groups in total. The number of aryl methyl sites for hydroxylation is 3. The molecule has 0 bridgehead atoms. The van der Waals surface area contributed by atoms with E-state index in [1.807, 2.05) is 42.3 Å². The number of benzene rings is 1. The quantitative estimate of drug-likeness (QED) is 0.844. The van der Waals surface area contributed by atoms with Gasteiger partial charge in [0.1, 0.15) is 0 Å². The van der Waals surface area contributed by atoms with Gasteiger partial charge < -0.3 is 0 Å². The van der Waals surface area contributed by atoms with Crippen molar-refractivity contribution in [3.05, 3.63) is 53.3 Å². The zero-order chi connectivity index (χ0) is 13.2. The Balaban J connectivity index is 1.69. The predicted molar refractivity (Wildman–Crippen MR) is 74.1 cm³/mol. The summed E-state index contributed by atoms with van der Waals surface area (Å²) in [7, 11) is 1.92. The third-order valence-electron chi connectivity index (χ3n) is 3.96. The number of carbonyl (C=O) groups is 1. The molecule has 1 unspecified atom stereocenters. The lowest BCUT2D eigenvalue weighted by Crippen LogP contribution is -2.23. The van der Waals surface area contributed by atoms with Gasteiger partial charge in [-0.15, -0.1) is 0 Å². The van der Waals surface area contributed by atoms with Gasteiger partial charge in [0.05, 0.1) is 6.20 Å². The fourth-order valence-electron chi connectivity index (χ4n) is 2.88. The predicted octanol–water partition coefficient (Wildman–Crippen LogP) is 2.80. The van der Waals surface area contributed by atoms with E-state index in [-0.39, 0.29) is 5.92 Å². The van der Waals surface area contributed by atoms with Crippen molar-refractivity contribution in [1.82, 2.24) is 9.78 Å². The van der Waals surface area contributed by atoms with Crippen LogP contribution in [-0.4, -0.2) is 15.6 Å². The molecule has 3 heteroatoms. The Hall–Kier alpha value is -1.90. The first-order chi connectivity index (χ1) is 9.24. The standard InChI is InChI=1S/C16H18N2O/c1-18-11-12(10-17-18)6-7-14-9-8-13-4-2-3-5-15(13)16(14)19/h2-5,10-11,14H,6-9H2,1H3. The Morgan fingerprint density at radius 1 is 1.37 bits per heavy atom. The summed E-state index contributed by atoms with van der Waals surface area (Å²) in [5.41, 5.74) is 3.37. The molecule has 2 aromatic rings. The number of carbonyl (C=O) groups excluding carboxylic acids is 1. The van der Waals surface area contributed by atoms with Gasteiger partial charge in [0, 0.05) is 24.7 Å². The highest BCUT2D eigenvalue weighted by molar-refractivity contribution is 6.00. The molecule has 19 heavy (non-hydrogen) atoms. The molecular weight excluding hydrogens is 236 g/mol. The van der Waals surface area contributed by atoms with Crippen molar-refractivity contribution in [3.8, 4) is 0 Å². The fraction of sp³-hybridized carbons (Fsp3) is 0.375. The zero-order valence-electron chi connectivity index (χ0n) is 11.2. The number of rotatable bonds is 3. The van der Waals surface area contributed by atoms with Crippen LogP contribution in [0.25, 0.3) is 0 Å². The molecule has 1 aliphatic rings. The summed E-state index contributed by atoms with van der Waals surface area (Å²) in [4.78, 5) is 12.4. The van der Waals surface area contributed by atoms with Crippen LogP contribution in [0.1, 0.15) is 34.3 Å². The van der Waals surface area contributed by atoms with Crippen molar-refractivity contribution < 1.29 is 4.79 Å². The second kappa shape index (κ2) is 5.00. The summed E-state index contributed by atoms with van der Waals surface area (Å²) in [6, 6.07) is 8.01. The van der Waals surface area contributed by atoms with Crippen molar-refractivity contribution in [2.75, 3.05) is 0 Å². The number of fused-ring (bicyclic) bond motifs is 1. The van der Waals surface area contributed by atoms with Gasteiger partial charge >= 0.3 is 0 Å². The van der Waals surface area contributed by atoms with Crippen LogP contribution in [0, 0.1) is 5.92 Å². The van der Waals surface area contributed by atoms with Gasteiger partial charge in [-0.1, -0.05) is 24.3 Å². The largest absolute Gasteiger partial charge is 0.294 e. The lowest BCUT2D eigenvalue weighted by molar-refractivity contribution is 0.0895. The molecule has 3 rings (SSSR count). The molecule has 1 aromatic carbocycles. The molecule has 1 atom stereocenters. The van der Waals surface area contributed by atoms with Crippen molar-refractivity contribution in [2.45, 2.75) is 25.7 Å². The molecule has 98 valence electrons. The zero-order valence-corrected chi connectivity index (χ0v) is 11.2. The van der Waals surface area contributed by atoms with Gasteiger partial charge in [-0.2, -0.15) is 5.10 Å². The van der Waals surface area contributed by atoms with Gasteiger partial charge in [-0.25, -0.2) is 0 Å². The van der Waals surface area contributed by atoms with E-state index in [0.717, 1.165) is 31.2 Å². The lowest BCUT2D eigenvalue weighted by atomic mass is 9.80. The van der Waals surface area contributed by atoms with Crippen LogP contribution in [0.3, 0.4) is 0 Å². The number of hydrogen-bond donors (Lipinski definition) is 0. The second-order valence-electron chi connectivity index (χ2n) is 5.32. The first-order valence-electron chi connectivity index (χ1n) is 6.83. The minimum atomic E-state index is 0.176. The van der Waals surface area contributed by atoms with Crippen LogP contribution in [0.5, 0.6) is 0 Å². The number of ketones is 1. The van der Waals surface area contributed by atoms with Crippen molar-refractivity contribution >= 4 is 5.78 Å². The van der Waals surface area contributed by atoms with E-state index >= 15 is 0 Å². The summed E-state index contributed by atoms with van der Waals surface area (Å²) in [6.45, 7) is 0. The molecule has 1 heterocycles. The Morgan fingerprint density at radius 2 is 2.21 bits per heavy atom. The Morgan fingerprint density at radius 3 is 3.00 bits per heavy atom. The Bertz CT molecular complexity index is 600. The average Bonchev–Trinajstić information content (AvgIpc) is 2.84. The Labute approximate surface area is 113 Å². The van der Waals surface area contributed by atoms with Gasteiger partial charge in [-0.05, 0) is 36.8 Å². The van der Waals surface area contributed by atoms with Crippen LogP contribution in [0.2, 0.25) is 0 Å². The molecule has 1 aliphatic carbocycles. The van der Waals surface area contributed by atoms with E-state index in [1.165, 1.54) is 11.1 Å². The summed E-state index contributed by atoms with van der Waals surface area (Å²) in [5.74, 6) is 0.501. The van der Waals surface area contributed by atoms with Gasteiger partial charge in [0.2, 0.25) is 0 Å². The van der Waals surface area contributed by atoms with Crippen molar-refractivity contribution in [2.24, 2.45) is 13.0 Å². The maximum absolute atomic E-state index is 12.4. The smallest absolute Gasteiger partial charge is 0.166 e. The first kappa shape index (κ1) is 12.2.